The maximum Gasteiger partial charge on any atom is 0.191 e. The highest BCUT2D eigenvalue weighted by molar-refractivity contribution is 14.0. The summed E-state index contributed by atoms with van der Waals surface area (Å²) >= 11 is 1.79. The molecule has 0 unspecified atom stereocenters. The average Bonchev–Trinajstić information content (AvgIpc) is 2.91. The number of nitrogens with zero attached hydrogens (tertiary/aromatic N) is 2. The van der Waals surface area contributed by atoms with Crippen molar-refractivity contribution >= 4 is 41.3 Å². The number of nitrogens with one attached hydrogen (secondary N) is 2. The van der Waals surface area contributed by atoms with E-state index >= 15 is 0 Å². The Kier molecular flexibility index (Phi) is 12.9. The van der Waals surface area contributed by atoms with Gasteiger partial charge in [-0.15, -0.1) is 35.3 Å². The van der Waals surface area contributed by atoms with E-state index in [0.29, 0.717) is 0 Å². The number of thiophene rings is 1. The number of guanidine groups is 1. The topological polar surface area (TPSA) is 39.7 Å². The predicted molar refractivity (Wildman–Crippen MR) is 110 cm³/mol. The fourth-order valence-electron chi connectivity index (χ4n) is 2.18. The molecule has 2 N–H and O–H groups in total. The van der Waals surface area contributed by atoms with Crippen LogP contribution < -0.4 is 10.6 Å². The third-order valence-electron chi connectivity index (χ3n) is 3.70. The molecular formula is C16H31IN4S. The van der Waals surface area contributed by atoms with E-state index in [1.165, 1.54) is 29.8 Å². The number of unbranched alkanes of at least 4 members (excludes halogenated alkanes) is 1. The van der Waals surface area contributed by atoms with Crippen LogP contribution in [0.2, 0.25) is 0 Å². The minimum Gasteiger partial charge on any atom is -0.356 e. The largest absolute Gasteiger partial charge is 0.356 e. The van der Waals surface area contributed by atoms with Crippen LogP contribution in [-0.4, -0.2) is 44.1 Å². The molecule has 0 aliphatic heterocycles. The van der Waals surface area contributed by atoms with E-state index in [9.17, 15) is 0 Å². The van der Waals surface area contributed by atoms with Crippen LogP contribution in [0.3, 0.4) is 0 Å². The van der Waals surface area contributed by atoms with E-state index in [1.807, 2.05) is 7.05 Å². The molecule has 0 radical (unpaired) electrons. The highest BCUT2D eigenvalue weighted by atomic mass is 127. The zero-order valence-corrected chi connectivity index (χ0v) is 17.5. The van der Waals surface area contributed by atoms with Gasteiger partial charge in [0.15, 0.2) is 5.96 Å². The summed E-state index contributed by atoms with van der Waals surface area (Å²) in [5, 5.41) is 8.89. The second-order valence-electron chi connectivity index (χ2n) is 5.11. The van der Waals surface area contributed by atoms with E-state index in [1.54, 1.807) is 11.3 Å². The van der Waals surface area contributed by atoms with Crippen LogP contribution in [0.25, 0.3) is 0 Å². The summed E-state index contributed by atoms with van der Waals surface area (Å²) < 4.78 is 0. The molecule has 0 saturated carbocycles. The van der Waals surface area contributed by atoms with Crippen LogP contribution in [0.15, 0.2) is 16.4 Å². The Morgan fingerprint density at radius 1 is 1.23 bits per heavy atom. The van der Waals surface area contributed by atoms with Gasteiger partial charge in [0.05, 0.1) is 6.54 Å². The molecule has 0 aliphatic carbocycles. The van der Waals surface area contributed by atoms with Gasteiger partial charge in [-0.2, -0.15) is 0 Å². The summed E-state index contributed by atoms with van der Waals surface area (Å²) in [5.74, 6) is 0.894. The SMILES string of the molecule is CCN(CC)CCCCNC(=NC)NCc1sccc1C.I. The lowest BCUT2D eigenvalue weighted by Gasteiger charge is -2.18. The van der Waals surface area contributed by atoms with Gasteiger partial charge >= 0.3 is 0 Å². The fraction of sp³-hybridized carbons (Fsp3) is 0.688. The Morgan fingerprint density at radius 2 is 1.95 bits per heavy atom. The molecule has 0 saturated heterocycles. The lowest BCUT2D eigenvalue weighted by Crippen LogP contribution is -2.37. The molecular weight excluding hydrogens is 407 g/mol. The van der Waals surface area contributed by atoms with Crippen LogP contribution in [0.5, 0.6) is 0 Å². The molecule has 0 atom stereocenters. The predicted octanol–water partition coefficient (Wildman–Crippen LogP) is 3.46. The highest BCUT2D eigenvalue weighted by Crippen LogP contribution is 2.14. The van der Waals surface area contributed by atoms with E-state index in [4.69, 9.17) is 0 Å². The van der Waals surface area contributed by atoms with Gasteiger partial charge in [0.2, 0.25) is 0 Å². The standard InChI is InChI=1S/C16H30N4S.HI/c1-5-20(6-2)11-8-7-10-18-16(17-4)19-13-15-14(3)9-12-21-15;/h9,12H,5-8,10-11,13H2,1-4H3,(H2,17,18,19);1H. The summed E-state index contributed by atoms with van der Waals surface area (Å²) in [6, 6.07) is 2.16. The molecule has 4 nitrogen and oxygen atoms in total. The van der Waals surface area contributed by atoms with Crippen molar-refractivity contribution in [3.63, 3.8) is 0 Å². The van der Waals surface area contributed by atoms with Gasteiger partial charge in [-0.25, -0.2) is 0 Å². The second kappa shape index (κ2) is 13.1. The number of halogens is 1. The molecule has 0 aliphatic rings. The Hall–Kier alpha value is -0.340. The van der Waals surface area contributed by atoms with E-state index in [0.717, 1.165) is 32.1 Å². The normalized spacial score (nSPS) is 11.4. The first-order valence-electron chi connectivity index (χ1n) is 7.91. The highest BCUT2D eigenvalue weighted by Gasteiger charge is 2.02. The smallest absolute Gasteiger partial charge is 0.191 e. The van der Waals surface area contributed by atoms with Crippen molar-refractivity contribution < 1.29 is 0 Å². The van der Waals surface area contributed by atoms with Gasteiger partial charge in [-0.3, -0.25) is 4.99 Å². The number of aryl methyl sites for hydroxylation is 1. The van der Waals surface area contributed by atoms with Crippen LogP contribution in [-0.2, 0) is 6.54 Å². The summed E-state index contributed by atoms with van der Waals surface area (Å²) in [7, 11) is 1.83. The van der Waals surface area contributed by atoms with Crippen molar-refractivity contribution in [2.45, 2.75) is 40.2 Å². The monoisotopic (exact) mass is 438 g/mol. The molecule has 0 bridgehead atoms. The summed E-state index contributed by atoms with van der Waals surface area (Å²) in [4.78, 5) is 8.11. The van der Waals surface area contributed by atoms with Crippen LogP contribution in [0, 0.1) is 6.92 Å². The Morgan fingerprint density at radius 3 is 2.50 bits per heavy atom. The zero-order chi connectivity index (χ0) is 15.5. The molecule has 22 heavy (non-hydrogen) atoms. The van der Waals surface area contributed by atoms with Crippen LogP contribution in [0.4, 0.5) is 0 Å². The number of hydrogen-bond donors (Lipinski definition) is 2. The molecule has 6 heteroatoms. The molecule has 1 aromatic rings. The van der Waals surface area contributed by atoms with Gasteiger partial charge in [0, 0.05) is 18.5 Å². The van der Waals surface area contributed by atoms with Crippen molar-refractivity contribution in [2.75, 3.05) is 33.2 Å². The minimum atomic E-state index is 0. The van der Waals surface area contributed by atoms with Gasteiger partial charge in [0.1, 0.15) is 0 Å². The average molecular weight is 438 g/mol. The maximum atomic E-state index is 4.27. The Balaban J connectivity index is 0.00000441. The van der Waals surface area contributed by atoms with Crippen molar-refractivity contribution in [1.82, 2.24) is 15.5 Å². The van der Waals surface area contributed by atoms with Gasteiger partial charge < -0.3 is 15.5 Å². The first-order chi connectivity index (χ1) is 10.2. The van der Waals surface area contributed by atoms with E-state index in [2.05, 4.69) is 52.7 Å². The maximum absolute atomic E-state index is 4.27. The first kappa shape index (κ1) is 21.7. The van der Waals surface area contributed by atoms with Gasteiger partial charge in [0.25, 0.3) is 0 Å². The summed E-state index contributed by atoms with van der Waals surface area (Å²) in [5.41, 5.74) is 1.35. The Bertz CT molecular complexity index is 416. The molecule has 1 heterocycles. The molecule has 0 amide bonds. The van der Waals surface area contributed by atoms with Crippen molar-refractivity contribution in [3.05, 3.63) is 21.9 Å². The number of aliphatic imine (C=N–C) groups is 1. The molecule has 1 aromatic heterocycles. The van der Waals surface area contributed by atoms with Crippen molar-refractivity contribution in [2.24, 2.45) is 4.99 Å². The van der Waals surface area contributed by atoms with Crippen molar-refractivity contribution in [3.8, 4) is 0 Å². The second-order valence-corrected chi connectivity index (χ2v) is 6.11. The van der Waals surface area contributed by atoms with Crippen LogP contribution >= 0.6 is 35.3 Å². The first-order valence-corrected chi connectivity index (χ1v) is 8.79. The lowest BCUT2D eigenvalue weighted by molar-refractivity contribution is 0.297. The molecule has 0 fully saturated rings. The van der Waals surface area contributed by atoms with E-state index in [-0.39, 0.29) is 24.0 Å². The molecule has 1 rings (SSSR count). The zero-order valence-electron chi connectivity index (χ0n) is 14.3. The third kappa shape index (κ3) is 8.33. The van der Waals surface area contributed by atoms with Gasteiger partial charge in [-0.05, 0) is 56.4 Å². The Labute approximate surface area is 156 Å². The molecule has 0 spiro atoms. The molecule has 128 valence electrons. The van der Waals surface area contributed by atoms with Crippen LogP contribution in [0.1, 0.15) is 37.1 Å². The molecule has 0 aromatic carbocycles. The van der Waals surface area contributed by atoms with Crippen molar-refractivity contribution in [1.29, 1.82) is 0 Å². The number of rotatable bonds is 9. The van der Waals surface area contributed by atoms with Gasteiger partial charge in [-0.1, -0.05) is 13.8 Å². The summed E-state index contributed by atoms with van der Waals surface area (Å²) in [6.07, 6.45) is 2.41. The lowest BCUT2D eigenvalue weighted by atomic mass is 10.3. The fourth-order valence-corrected chi connectivity index (χ4v) is 3.02. The summed E-state index contributed by atoms with van der Waals surface area (Å²) in [6.45, 7) is 11.9. The minimum absolute atomic E-state index is 0. The number of hydrogen-bond acceptors (Lipinski definition) is 3. The van der Waals surface area contributed by atoms with E-state index < -0.39 is 0 Å². The quantitative estimate of drug-likeness (QED) is 0.269. The third-order valence-corrected chi connectivity index (χ3v) is 4.72.